The van der Waals surface area contributed by atoms with Gasteiger partial charge < -0.3 is 15.8 Å². The lowest BCUT2D eigenvalue weighted by atomic mass is 10.2. The summed E-state index contributed by atoms with van der Waals surface area (Å²) in [6, 6.07) is 7.58. The Labute approximate surface area is 114 Å². The summed E-state index contributed by atoms with van der Waals surface area (Å²) in [6.07, 6.45) is 4.39. The van der Waals surface area contributed by atoms with Crippen molar-refractivity contribution in [3.8, 4) is 0 Å². The molecule has 0 bridgehead atoms. The third-order valence-corrected chi connectivity index (χ3v) is 3.50. The Morgan fingerprint density at radius 2 is 2.21 bits per heavy atom. The lowest BCUT2D eigenvalue weighted by molar-refractivity contribution is -0.129. The first-order valence-electron chi connectivity index (χ1n) is 6.94. The number of nitrogens with one attached hydrogen (secondary N) is 1. The number of benzene rings is 1. The number of hydrogen-bond donors (Lipinski definition) is 2. The Morgan fingerprint density at radius 3 is 2.89 bits per heavy atom. The summed E-state index contributed by atoms with van der Waals surface area (Å²) < 4.78 is 5.77. The summed E-state index contributed by atoms with van der Waals surface area (Å²) in [7, 11) is 0. The molecule has 1 aromatic rings. The van der Waals surface area contributed by atoms with Gasteiger partial charge in [0, 0.05) is 12.2 Å². The number of amides is 1. The SMILES string of the molecule is CC(OC1CCCC1)C(=O)Nc1cccc(CN)c1. The maximum absolute atomic E-state index is 12.0. The standard InChI is InChI=1S/C15H22N2O2/c1-11(19-14-7-2-3-8-14)15(18)17-13-6-4-5-12(9-13)10-16/h4-6,9,11,14H,2-3,7-8,10,16H2,1H3,(H,17,18). The van der Waals surface area contributed by atoms with Gasteiger partial charge in [0.05, 0.1) is 6.10 Å². The molecule has 1 atom stereocenters. The normalized spacial score (nSPS) is 17.4. The molecule has 0 radical (unpaired) electrons. The predicted molar refractivity (Wildman–Crippen MR) is 75.8 cm³/mol. The third kappa shape index (κ3) is 4.04. The van der Waals surface area contributed by atoms with E-state index in [-0.39, 0.29) is 12.0 Å². The summed E-state index contributed by atoms with van der Waals surface area (Å²) in [4.78, 5) is 12.0. The summed E-state index contributed by atoms with van der Waals surface area (Å²) in [5.74, 6) is -0.0962. The number of carbonyl (C=O) groups is 1. The minimum absolute atomic E-state index is 0.0962. The van der Waals surface area contributed by atoms with E-state index in [1.54, 1.807) is 6.92 Å². The van der Waals surface area contributed by atoms with Crippen LogP contribution in [-0.2, 0) is 16.1 Å². The van der Waals surface area contributed by atoms with Gasteiger partial charge in [-0.05, 0) is 37.5 Å². The average molecular weight is 262 g/mol. The van der Waals surface area contributed by atoms with Crippen molar-refractivity contribution in [2.75, 3.05) is 5.32 Å². The monoisotopic (exact) mass is 262 g/mol. The molecule has 4 heteroatoms. The van der Waals surface area contributed by atoms with E-state index in [2.05, 4.69) is 5.32 Å². The molecule has 19 heavy (non-hydrogen) atoms. The number of anilines is 1. The van der Waals surface area contributed by atoms with E-state index in [1.165, 1.54) is 12.8 Å². The van der Waals surface area contributed by atoms with Crippen LogP contribution in [0.25, 0.3) is 0 Å². The quantitative estimate of drug-likeness (QED) is 0.856. The van der Waals surface area contributed by atoms with Gasteiger partial charge in [0.2, 0.25) is 0 Å². The molecule has 0 aliphatic heterocycles. The Balaban J connectivity index is 1.88. The van der Waals surface area contributed by atoms with Crippen molar-refractivity contribution in [1.82, 2.24) is 0 Å². The minimum Gasteiger partial charge on any atom is -0.365 e. The molecular formula is C15H22N2O2. The van der Waals surface area contributed by atoms with Crippen molar-refractivity contribution < 1.29 is 9.53 Å². The maximum atomic E-state index is 12.0. The molecule has 1 amide bonds. The van der Waals surface area contributed by atoms with Crippen LogP contribution in [-0.4, -0.2) is 18.1 Å². The van der Waals surface area contributed by atoms with Gasteiger partial charge in [-0.25, -0.2) is 0 Å². The van der Waals surface area contributed by atoms with Gasteiger partial charge in [-0.3, -0.25) is 4.79 Å². The van der Waals surface area contributed by atoms with E-state index in [0.717, 1.165) is 24.1 Å². The van der Waals surface area contributed by atoms with Crippen LogP contribution in [0.5, 0.6) is 0 Å². The van der Waals surface area contributed by atoms with Crippen LogP contribution in [0.3, 0.4) is 0 Å². The van der Waals surface area contributed by atoms with Crippen LogP contribution in [0, 0.1) is 0 Å². The zero-order chi connectivity index (χ0) is 13.7. The van der Waals surface area contributed by atoms with Gasteiger partial charge >= 0.3 is 0 Å². The molecule has 0 heterocycles. The molecule has 0 aromatic heterocycles. The smallest absolute Gasteiger partial charge is 0.253 e. The Kier molecular flexibility index (Phi) is 4.93. The highest BCUT2D eigenvalue weighted by Crippen LogP contribution is 2.22. The predicted octanol–water partition coefficient (Wildman–Crippen LogP) is 2.43. The van der Waals surface area contributed by atoms with E-state index >= 15 is 0 Å². The number of hydrogen-bond acceptors (Lipinski definition) is 3. The summed E-state index contributed by atoms with van der Waals surface area (Å²) in [6.45, 7) is 2.28. The minimum atomic E-state index is -0.412. The van der Waals surface area contributed by atoms with Crippen LogP contribution in [0.2, 0.25) is 0 Å². The topological polar surface area (TPSA) is 64.3 Å². The van der Waals surface area contributed by atoms with Crippen molar-refractivity contribution in [1.29, 1.82) is 0 Å². The number of ether oxygens (including phenoxy) is 1. The van der Waals surface area contributed by atoms with Gasteiger partial charge in [-0.15, -0.1) is 0 Å². The zero-order valence-corrected chi connectivity index (χ0v) is 11.4. The number of carbonyl (C=O) groups excluding carboxylic acids is 1. The highest BCUT2D eigenvalue weighted by atomic mass is 16.5. The molecule has 1 fully saturated rings. The highest BCUT2D eigenvalue weighted by Gasteiger charge is 2.22. The van der Waals surface area contributed by atoms with Crippen LogP contribution in [0.4, 0.5) is 5.69 Å². The largest absolute Gasteiger partial charge is 0.365 e. The fraction of sp³-hybridized carbons (Fsp3) is 0.533. The Hall–Kier alpha value is -1.39. The average Bonchev–Trinajstić information content (AvgIpc) is 2.91. The molecule has 0 saturated heterocycles. The van der Waals surface area contributed by atoms with Gasteiger partial charge in [-0.2, -0.15) is 0 Å². The lowest BCUT2D eigenvalue weighted by Crippen LogP contribution is -2.30. The van der Waals surface area contributed by atoms with Crippen molar-refractivity contribution in [2.45, 2.75) is 51.4 Å². The second kappa shape index (κ2) is 6.68. The van der Waals surface area contributed by atoms with Crippen LogP contribution < -0.4 is 11.1 Å². The van der Waals surface area contributed by atoms with Gasteiger partial charge in [0.1, 0.15) is 6.10 Å². The zero-order valence-electron chi connectivity index (χ0n) is 11.4. The van der Waals surface area contributed by atoms with Crippen LogP contribution in [0.1, 0.15) is 38.2 Å². The summed E-state index contributed by atoms with van der Waals surface area (Å²) in [5.41, 5.74) is 7.36. The fourth-order valence-electron chi connectivity index (χ4n) is 2.39. The molecule has 1 aromatic carbocycles. The van der Waals surface area contributed by atoms with Crippen molar-refractivity contribution in [2.24, 2.45) is 5.73 Å². The Bertz CT molecular complexity index is 428. The van der Waals surface area contributed by atoms with Crippen molar-refractivity contribution in [3.63, 3.8) is 0 Å². The Morgan fingerprint density at radius 1 is 1.47 bits per heavy atom. The molecule has 3 N–H and O–H groups in total. The van der Waals surface area contributed by atoms with E-state index in [4.69, 9.17) is 10.5 Å². The van der Waals surface area contributed by atoms with E-state index in [1.807, 2.05) is 24.3 Å². The molecule has 1 aliphatic carbocycles. The maximum Gasteiger partial charge on any atom is 0.253 e. The second-order valence-electron chi connectivity index (χ2n) is 5.08. The van der Waals surface area contributed by atoms with Crippen LogP contribution >= 0.6 is 0 Å². The summed E-state index contributed by atoms with van der Waals surface area (Å²) in [5, 5.41) is 2.87. The number of rotatable bonds is 5. The fourth-order valence-corrected chi connectivity index (χ4v) is 2.39. The molecule has 0 spiro atoms. The molecule has 4 nitrogen and oxygen atoms in total. The molecular weight excluding hydrogens is 240 g/mol. The molecule has 2 rings (SSSR count). The molecule has 1 saturated carbocycles. The van der Waals surface area contributed by atoms with E-state index in [0.29, 0.717) is 6.54 Å². The molecule has 1 aliphatic rings. The third-order valence-electron chi connectivity index (χ3n) is 3.50. The summed E-state index contributed by atoms with van der Waals surface area (Å²) >= 11 is 0. The highest BCUT2D eigenvalue weighted by molar-refractivity contribution is 5.93. The molecule has 1 unspecified atom stereocenters. The first-order chi connectivity index (χ1) is 9.19. The van der Waals surface area contributed by atoms with Crippen molar-refractivity contribution in [3.05, 3.63) is 29.8 Å². The molecule has 104 valence electrons. The lowest BCUT2D eigenvalue weighted by Gasteiger charge is -2.18. The number of nitrogens with two attached hydrogens (primary N) is 1. The van der Waals surface area contributed by atoms with E-state index < -0.39 is 6.10 Å². The van der Waals surface area contributed by atoms with E-state index in [9.17, 15) is 4.79 Å². The van der Waals surface area contributed by atoms with Crippen molar-refractivity contribution >= 4 is 11.6 Å². The first-order valence-corrected chi connectivity index (χ1v) is 6.94. The van der Waals surface area contributed by atoms with Crippen LogP contribution in [0.15, 0.2) is 24.3 Å². The van der Waals surface area contributed by atoms with Gasteiger partial charge in [-0.1, -0.05) is 25.0 Å². The first kappa shape index (κ1) is 14.0. The second-order valence-corrected chi connectivity index (χ2v) is 5.08. The van der Waals surface area contributed by atoms with Gasteiger partial charge in [0.15, 0.2) is 0 Å². The van der Waals surface area contributed by atoms with Gasteiger partial charge in [0.25, 0.3) is 5.91 Å².